The number of halogens is 5. The summed E-state index contributed by atoms with van der Waals surface area (Å²) in [7, 11) is -4.53. The normalized spacial score (nSPS) is 22.4. The number of carbonyl (C=O) groups is 2. The lowest BCUT2D eigenvalue weighted by atomic mass is 9.90. The summed E-state index contributed by atoms with van der Waals surface area (Å²) in [6.45, 7) is -0.396. The SMILES string of the molecule is O=C(NCC1CCC2CCC1N2C(=O)CN(c1cc(C(F)(F)F)ccc1Cl)S(=O)(=O)c1ccc(Cl)cc1)NC1CC1. The molecule has 1 aliphatic carbocycles. The van der Waals surface area contributed by atoms with Gasteiger partial charge in [-0.1, -0.05) is 23.2 Å². The zero-order chi connectivity index (χ0) is 29.5. The first kappa shape index (κ1) is 29.8. The highest BCUT2D eigenvalue weighted by molar-refractivity contribution is 7.92. The molecule has 41 heavy (non-hydrogen) atoms. The van der Waals surface area contributed by atoms with Crippen LogP contribution in [0.4, 0.5) is 23.7 Å². The highest BCUT2D eigenvalue weighted by Gasteiger charge is 2.46. The van der Waals surface area contributed by atoms with E-state index in [0.29, 0.717) is 29.8 Å². The van der Waals surface area contributed by atoms with Gasteiger partial charge in [0.05, 0.1) is 21.2 Å². The van der Waals surface area contributed by atoms with E-state index in [4.69, 9.17) is 23.2 Å². The van der Waals surface area contributed by atoms with Gasteiger partial charge in [-0.15, -0.1) is 0 Å². The maximum Gasteiger partial charge on any atom is 0.416 e. The van der Waals surface area contributed by atoms with Crippen LogP contribution in [-0.4, -0.2) is 56.5 Å². The fourth-order valence-corrected chi connectivity index (χ4v) is 7.51. The molecule has 3 aliphatic rings. The number of nitrogens with zero attached hydrogens (tertiary/aromatic N) is 2. The van der Waals surface area contributed by atoms with Crippen molar-refractivity contribution in [2.75, 3.05) is 17.4 Å². The molecule has 2 bridgehead atoms. The van der Waals surface area contributed by atoms with E-state index in [2.05, 4.69) is 10.6 Å². The number of sulfonamides is 1. The topological polar surface area (TPSA) is 98.8 Å². The minimum atomic E-state index is -4.77. The van der Waals surface area contributed by atoms with Crippen molar-refractivity contribution < 1.29 is 31.2 Å². The maximum absolute atomic E-state index is 13.8. The first-order valence-electron chi connectivity index (χ1n) is 13.3. The molecule has 2 aromatic rings. The van der Waals surface area contributed by atoms with Crippen molar-refractivity contribution in [2.45, 2.75) is 67.7 Å². The number of nitrogens with one attached hydrogen (secondary N) is 2. The Morgan fingerprint density at radius 2 is 1.66 bits per heavy atom. The number of rotatable bonds is 8. The van der Waals surface area contributed by atoms with Gasteiger partial charge in [0.25, 0.3) is 10.0 Å². The van der Waals surface area contributed by atoms with Crippen LogP contribution in [0.2, 0.25) is 10.0 Å². The maximum atomic E-state index is 13.8. The number of alkyl halides is 3. The molecule has 0 spiro atoms. The third-order valence-corrected chi connectivity index (χ3v) is 10.3. The van der Waals surface area contributed by atoms with Crippen molar-refractivity contribution in [3.05, 3.63) is 58.1 Å². The molecule has 3 unspecified atom stereocenters. The van der Waals surface area contributed by atoms with E-state index < -0.39 is 39.9 Å². The van der Waals surface area contributed by atoms with Gasteiger partial charge in [0.2, 0.25) is 5.91 Å². The molecule has 5 rings (SSSR count). The first-order chi connectivity index (χ1) is 19.3. The van der Waals surface area contributed by atoms with E-state index in [9.17, 15) is 31.2 Å². The zero-order valence-corrected chi connectivity index (χ0v) is 24.2. The Labute approximate surface area is 246 Å². The third kappa shape index (κ3) is 6.54. The van der Waals surface area contributed by atoms with Crippen molar-refractivity contribution in [1.29, 1.82) is 0 Å². The van der Waals surface area contributed by atoms with Gasteiger partial charge in [-0.05, 0) is 86.9 Å². The van der Waals surface area contributed by atoms with Gasteiger partial charge in [0, 0.05) is 29.7 Å². The Balaban J connectivity index is 1.43. The molecule has 2 saturated heterocycles. The monoisotopic (exact) mass is 632 g/mol. The number of amides is 3. The smallest absolute Gasteiger partial charge is 0.338 e. The number of anilines is 1. The lowest BCUT2D eigenvalue weighted by Crippen LogP contribution is -2.54. The second-order valence-corrected chi connectivity index (χ2v) is 13.4. The van der Waals surface area contributed by atoms with E-state index in [1.807, 2.05) is 0 Å². The van der Waals surface area contributed by atoms with Gasteiger partial charge >= 0.3 is 12.2 Å². The van der Waals surface area contributed by atoms with Gasteiger partial charge < -0.3 is 15.5 Å². The van der Waals surface area contributed by atoms with Crippen LogP contribution in [-0.2, 0) is 21.0 Å². The number of hydrogen-bond acceptors (Lipinski definition) is 4. The number of urea groups is 1. The minimum Gasteiger partial charge on any atom is -0.338 e. The van der Waals surface area contributed by atoms with Crippen molar-refractivity contribution >= 4 is 50.9 Å². The molecule has 14 heteroatoms. The molecule has 2 aromatic carbocycles. The summed E-state index contributed by atoms with van der Waals surface area (Å²) in [6.07, 6.45) is -0.000614. The van der Waals surface area contributed by atoms with Crippen molar-refractivity contribution in [3.63, 3.8) is 0 Å². The van der Waals surface area contributed by atoms with E-state index in [-0.39, 0.29) is 45.0 Å². The molecule has 3 amide bonds. The lowest BCUT2D eigenvalue weighted by Gasteiger charge is -2.41. The summed E-state index contributed by atoms with van der Waals surface area (Å²) in [5.74, 6) is -0.586. The summed E-state index contributed by atoms with van der Waals surface area (Å²) >= 11 is 12.2. The van der Waals surface area contributed by atoms with Crippen molar-refractivity contribution in [3.8, 4) is 0 Å². The van der Waals surface area contributed by atoms with Crippen LogP contribution in [0.5, 0.6) is 0 Å². The van der Waals surface area contributed by atoms with Gasteiger partial charge in [0.15, 0.2) is 0 Å². The number of carbonyl (C=O) groups excluding carboxylic acids is 2. The Bertz CT molecular complexity index is 1420. The molecule has 0 aromatic heterocycles. The van der Waals surface area contributed by atoms with Crippen LogP contribution in [0.3, 0.4) is 0 Å². The molecule has 2 aliphatic heterocycles. The molecule has 3 atom stereocenters. The van der Waals surface area contributed by atoms with E-state index in [0.717, 1.165) is 37.8 Å². The van der Waals surface area contributed by atoms with Crippen LogP contribution in [0.25, 0.3) is 0 Å². The Hall–Kier alpha value is -2.70. The highest BCUT2D eigenvalue weighted by Crippen LogP contribution is 2.41. The second kappa shape index (κ2) is 11.5. The van der Waals surface area contributed by atoms with Crippen LogP contribution in [0.15, 0.2) is 47.4 Å². The number of piperidine rings is 1. The predicted octanol–water partition coefficient (Wildman–Crippen LogP) is 5.44. The molecule has 0 radical (unpaired) electrons. The zero-order valence-electron chi connectivity index (χ0n) is 21.8. The average molecular weight is 634 g/mol. The molecule has 3 fully saturated rings. The molecule has 2 heterocycles. The number of fused-ring (bicyclic) bond motifs is 2. The van der Waals surface area contributed by atoms with Crippen LogP contribution < -0.4 is 14.9 Å². The summed E-state index contributed by atoms with van der Waals surface area (Å²) in [6, 6.07) is 7.05. The summed E-state index contributed by atoms with van der Waals surface area (Å²) in [5.41, 5.74) is -1.56. The largest absolute Gasteiger partial charge is 0.416 e. The highest BCUT2D eigenvalue weighted by atomic mass is 35.5. The third-order valence-electron chi connectivity index (χ3n) is 7.91. The standard InChI is InChI=1S/C27H29Cl2F3N4O4S/c28-18-3-9-21(10-4-18)41(39,40)35(24-13-17(27(30,31)32)2-11-22(24)29)15-25(37)36-20-7-1-16(23(36)12-8-20)14-33-26(38)34-19-5-6-19/h2-4,9-11,13,16,19-20,23H,1,5-8,12,14-15H2,(H2,33,34,38). The fourth-order valence-electron chi connectivity index (χ4n) is 5.69. The molecule has 2 N–H and O–H groups in total. The summed E-state index contributed by atoms with van der Waals surface area (Å²) < 4.78 is 69.1. The fraction of sp³-hybridized carbons (Fsp3) is 0.481. The van der Waals surface area contributed by atoms with Crippen LogP contribution >= 0.6 is 23.2 Å². The summed E-state index contributed by atoms with van der Waals surface area (Å²) in [4.78, 5) is 27.4. The number of benzene rings is 2. The number of hydrogen-bond donors (Lipinski definition) is 2. The molecule has 1 saturated carbocycles. The second-order valence-electron chi connectivity index (χ2n) is 10.7. The minimum absolute atomic E-state index is 0.0406. The predicted molar refractivity (Wildman–Crippen MR) is 148 cm³/mol. The van der Waals surface area contributed by atoms with Crippen LogP contribution in [0.1, 0.15) is 44.1 Å². The molecular weight excluding hydrogens is 604 g/mol. The average Bonchev–Trinajstić information content (AvgIpc) is 3.67. The van der Waals surface area contributed by atoms with E-state index in [1.54, 1.807) is 4.90 Å². The van der Waals surface area contributed by atoms with E-state index >= 15 is 0 Å². The van der Waals surface area contributed by atoms with Gasteiger partial charge in [-0.25, -0.2) is 13.2 Å². The van der Waals surface area contributed by atoms with Crippen molar-refractivity contribution in [2.24, 2.45) is 5.92 Å². The molecule has 8 nitrogen and oxygen atoms in total. The molecular formula is C27H29Cl2F3N4O4S. The Morgan fingerprint density at radius 3 is 2.32 bits per heavy atom. The Morgan fingerprint density at radius 1 is 0.976 bits per heavy atom. The quantitative estimate of drug-likeness (QED) is 0.405. The first-order valence-corrected chi connectivity index (χ1v) is 15.5. The lowest BCUT2D eigenvalue weighted by molar-refractivity contribution is -0.137. The van der Waals surface area contributed by atoms with Crippen LogP contribution in [0, 0.1) is 5.92 Å². The van der Waals surface area contributed by atoms with Gasteiger partial charge in [0.1, 0.15) is 6.54 Å². The van der Waals surface area contributed by atoms with Gasteiger partial charge in [-0.3, -0.25) is 9.10 Å². The van der Waals surface area contributed by atoms with E-state index in [1.165, 1.54) is 24.3 Å². The molecule has 222 valence electrons. The van der Waals surface area contributed by atoms with Gasteiger partial charge in [-0.2, -0.15) is 13.2 Å². The van der Waals surface area contributed by atoms with Crippen molar-refractivity contribution in [1.82, 2.24) is 15.5 Å². The summed E-state index contributed by atoms with van der Waals surface area (Å²) in [5, 5.41) is 5.75. The Kier molecular flexibility index (Phi) is 8.37.